The Balaban J connectivity index is 2.34. The topological polar surface area (TPSA) is 75.8 Å². The molecule has 0 aliphatic carbocycles. The van der Waals surface area contributed by atoms with Gasteiger partial charge >= 0.3 is 0 Å². The van der Waals surface area contributed by atoms with Gasteiger partial charge in [-0.1, -0.05) is 11.8 Å². The summed E-state index contributed by atoms with van der Waals surface area (Å²) in [6.45, 7) is 3.59. The number of hydrogen-bond donors (Lipinski definition) is 0. The number of thioether (sulfide) groups is 1. The molecule has 7 heteroatoms. The first-order valence-corrected chi connectivity index (χ1v) is 6.56. The molecule has 0 N–H and O–H groups in total. The van der Waals surface area contributed by atoms with Gasteiger partial charge in [-0.2, -0.15) is 0 Å². The van der Waals surface area contributed by atoms with Gasteiger partial charge in [0.15, 0.2) is 5.17 Å². The summed E-state index contributed by atoms with van der Waals surface area (Å²) < 4.78 is 0. The van der Waals surface area contributed by atoms with Crippen molar-refractivity contribution in [3.63, 3.8) is 0 Å². The molecule has 1 fully saturated rings. The van der Waals surface area contributed by atoms with E-state index in [0.717, 1.165) is 0 Å². The van der Waals surface area contributed by atoms with Crippen LogP contribution < -0.4 is 0 Å². The summed E-state index contributed by atoms with van der Waals surface area (Å²) in [6, 6.07) is 4.49. The number of amidine groups is 1. The first kappa shape index (κ1) is 13.5. The molecule has 1 aliphatic heterocycles. The van der Waals surface area contributed by atoms with Gasteiger partial charge in [0.25, 0.3) is 5.69 Å². The van der Waals surface area contributed by atoms with E-state index in [4.69, 9.17) is 0 Å². The molecular weight excluding hydrogens is 266 g/mol. The van der Waals surface area contributed by atoms with Gasteiger partial charge in [0.05, 0.1) is 15.9 Å². The number of nitro benzene ring substituents is 1. The first-order chi connectivity index (χ1) is 8.90. The van der Waals surface area contributed by atoms with Gasteiger partial charge < -0.3 is 0 Å². The Morgan fingerprint density at radius 3 is 2.63 bits per heavy atom. The van der Waals surface area contributed by atoms with E-state index in [9.17, 15) is 14.9 Å². The molecule has 1 saturated heterocycles. The number of benzene rings is 1. The zero-order valence-corrected chi connectivity index (χ0v) is 11.6. The zero-order chi connectivity index (χ0) is 14.2. The number of aryl methyl sites for hydroxylation is 1. The smallest absolute Gasteiger partial charge is 0.269 e. The van der Waals surface area contributed by atoms with Gasteiger partial charge in [-0.15, -0.1) is 0 Å². The lowest BCUT2D eigenvalue weighted by Gasteiger charge is -2.08. The van der Waals surface area contributed by atoms with E-state index >= 15 is 0 Å². The average Bonchev–Trinajstić information content (AvgIpc) is 2.59. The number of rotatable bonds is 2. The van der Waals surface area contributed by atoms with Gasteiger partial charge in [-0.05, 0) is 25.5 Å². The van der Waals surface area contributed by atoms with E-state index in [1.807, 2.05) is 6.92 Å². The molecule has 1 amide bonds. The Kier molecular flexibility index (Phi) is 3.57. The molecule has 1 aromatic rings. The number of carbonyl (C=O) groups excluding carboxylic acids is 1. The van der Waals surface area contributed by atoms with E-state index in [-0.39, 0.29) is 16.8 Å². The highest BCUT2D eigenvalue weighted by molar-refractivity contribution is 8.15. The largest absolute Gasteiger partial charge is 0.293 e. The number of hydrogen-bond acceptors (Lipinski definition) is 5. The molecule has 6 nitrogen and oxygen atoms in total. The van der Waals surface area contributed by atoms with Crippen LogP contribution in [0, 0.1) is 17.0 Å². The third kappa shape index (κ3) is 2.60. The molecule has 1 unspecified atom stereocenters. The number of carbonyl (C=O) groups is 1. The van der Waals surface area contributed by atoms with Crippen LogP contribution in [0.3, 0.4) is 0 Å². The van der Waals surface area contributed by atoms with Crippen LogP contribution in [0.1, 0.15) is 12.5 Å². The van der Waals surface area contributed by atoms with Gasteiger partial charge in [0.1, 0.15) is 0 Å². The quantitative estimate of drug-likeness (QED) is 0.615. The van der Waals surface area contributed by atoms with Crippen LogP contribution in [-0.4, -0.2) is 33.2 Å². The summed E-state index contributed by atoms with van der Waals surface area (Å²) in [6.07, 6.45) is 0. The molecule has 19 heavy (non-hydrogen) atoms. The van der Waals surface area contributed by atoms with Crippen molar-refractivity contribution in [1.29, 1.82) is 0 Å². The maximum atomic E-state index is 11.7. The van der Waals surface area contributed by atoms with Crippen molar-refractivity contribution in [3.05, 3.63) is 33.9 Å². The van der Waals surface area contributed by atoms with Crippen LogP contribution in [0.25, 0.3) is 0 Å². The lowest BCUT2D eigenvalue weighted by molar-refractivity contribution is -0.384. The van der Waals surface area contributed by atoms with Crippen molar-refractivity contribution in [2.45, 2.75) is 19.1 Å². The Morgan fingerprint density at radius 1 is 1.47 bits per heavy atom. The number of amides is 1. The maximum absolute atomic E-state index is 11.7. The Labute approximate surface area is 114 Å². The monoisotopic (exact) mass is 279 g/mol. The van der Waals surface area contributed by atoms with E-state index < -0.39 is 4.92 Å². The molecule has 1 aliphatic rings. The molecule has 0 spiro atoms. The van der Waals surface area contributed by atoms with Gasteiger partial charge in [0, 0.05) is 19.2 Å². The van der Waals surface area contributed by atoms with E-state index in [2.05, 4.69) is 4.99 Å². The second-order valence-electron chi connectivity index (χ2n) is 4.28. The van der Waals surface area contributed by atoms with Crippen LogP contribution in [0.15, 0.2) is 23.2 Å². The minimum Gasteiger partial charge on any atom is -0.293 e. The maximum Gasteiger partial charge on any atom is 0.269 e. The van der Waals surface area contributed by atoms with Crippen LogP contribution in [0.5, 0.6) is 0 Å². The lowest BCUT2D eigenvalue weighted by Crippen LogP contribution is -2.26. The van der Waals surface area contributed by atoms with Gasteiger partial charge in [0.2, 0.25) is 5.91 Å². The molecule has 1 atom stereocenters. The molecule has 0 radical (unpaired) electrons. The minimum absolute atomic E-state index is 0.0170. The fraction of sp³-hybridized carbons (Fsp3) is 0.333. The number of non-ortho nitro benzene ring substituents is 1. The predicted molar refractivity (Wildman–Crippen MR) is 74.8 cm³/mol. The van der Waals surface area contributed by atoms with Crippen molar-refractivity contribution < 1.29 is 9.72 Å². The van der Waals surface area contributed by atoms with E-state index in [1.54, 1.807) is 20.0 Å². The van der Waals surface area contributed by atoms with Crippen LogP contribution >= 0.6 is 11.8 Å². The van der Waals surface area contributed by atoms with E-state index in [1.165, 1.54) is 28.8 Å². The SMILES string of the molecule is Cc1cc([N+](=O)[O-])ccc1N=C1SC(C)C(=O)N1C. The van der Waals surface area contributed by atoms with Crippen LogP contribution in [-0.2, 0) is 4.79 Å². The minimum atomic E-state index is -0.439. The highest BCUT2D eigenvalue weighted by atomic mass is 32.2. The van der Waals surface area contributed by atoms with Crippen LogP contribution in [0.4, 0.5) is 11.4 Å². The number of nitrogens with zero attached hydrogens (tertiary/aromatic N) is 3. The highest BCUT2D eigenvalue weighted by Crippen LogP contribution is 2.30. The molecule has 0 saturated carbocycles. The second-order valence-corrected chi connectivity index (χ2v) is 5.59. The second kappa shape index (κ2) is 5.00. The Hall–Kier alpha value is -1.89. The summed E-state index contributed by atoms with van der Waals surface area (Å²) >= 11 is 1.39. The molecular formula is C12H13N3O3S. The van der Waals surface area contributed by atoms with Crippen molar-refractivity contribution in [2.24, 2.45) is 4.99 Å². The fourth-order valence-corrected chi connectivity index (χ4v) is 2.71. The Bertz CT molecular complexity index is 586. The van der Waals surface area contributed by atoms with Crippen molar-refractivity contribution in [1.82, 2.24) is 4.90 Å². The summed E-state index contributed by atoms with van der Waals surface area (Å²) in [5.74, 6) is 0.0170. The number of aliphatic imine (C=N–C) groups is 1. The average molecular weight is 279 g/mol. The summed E-state index contributed by atoms with van der Waals surface area (Å²) in [5.41, 5.74) is 1.39. The van der Waals surface area contributed by atoms with Gasteiger partial charge in [-0.3, -0.25) is 19.8 Å². The normalized spacial score (nSPS) is 21.2. The third-order valence-corrected chi connectivity index (χ3v) is 3.99. The fourth-order valence-electron chi connectivity index (χ4n) is 1.74. The Morgan fingerprint density at radius 2 is 2.16 bits per heavy atom. The molecule has 0 aromatic heterocycles. The molecule has 1 heterocycles. The molecule has 0 bridgehead atoms. The van der Waals surface area contributed by atoms with Crippen LogP contribution in [0.2, 0.25) is 0 Å². The molecule has 100 valence electrons. The van der Waals surface area contributed by atoms with E-state index in [0.29, 0.717) is 16.4 Å². The standard InChI is InChI=1S/C12H13N3O3S/c1-7-6-9(15(17)18)4-5-10(7)13-12-14(3)11(16)8(2)19-12/h4-6,8H,1-3H3. The van der Waals surface area contributed by atoms with Crippen molar-refractivity contribution >= 4 is 34.2 Å². The van der Waals surface area contributed by atoms with Gasteiger partial charge in [-0.25, -0.2) is 4.99 Å². The number of nitro groups is 1. The summed E-state index contributed by atoms with van der Waals surface area (Å²) in [7, 11) is 1.68. The van der Waals surface area contributed by atoms with Crippen molar-refractivity contribution in [3.8, 4) is 0 Å². The third-order valence-electron chi connectivity index (χ3n) is 2.85. The predicted octanol–water partition coefficient (Wildman–Crippen LogP) is 2.48. The molecule has 1 aromatic carbocycles. The summed E-state index contributed by atoms with van der Waals surface area (Å²) in [4.78, 5) is 27.8. The lowest BCUT2D eigenvalue weighted by atomic mass is 10.2. The van der Waals surface area contributed by atoms with Crippen molar-refractivity contribution in [2.75, 3.05) is 7.05 Å². The molecule has 2 rings (SSSR count). The highest BCUT2D eigenvalue weighted by Gasteiger charge is 2.32. The summed E-state index contributed by atoms with van der Waals surface area (Å²) in [5, 5.41) is 11.1. The zero-order valence-electron chi connectivity index (χ0n) is 10.8. The first-order valence-electron chi connectivity index (χ1n) is 5.68.